The van der Waals surface area contributed by atoms with Crippen LogP contribution in [0.15, 0.2) is 60.8 Å². The van der Waals surface area contributed by atoms with Crippen LogP contribution < -0.4 is 10.2 Å². The van der Waals surface area contributed by atoms with E-state index >= 15 is 0 Å². The molecule has 2 heterocycles. The largest absolute Gasteiger partial charge is 0.349 e. The second-order valence-corrected chi connectivity index (χ2v) is 12.6. The number of nitrogens with zero attached hydrogens (tertiary/aromatic N) is 2. The van der Waals surface area contributed by atoms with Crippen molar-refractivity contribution in [2.45, 2.75) is 89.6 Å². The summed E-state index contributed by atoms with van der Waals surface area (Å²) >= 11 is 0. The van der Waals surface area contributed by atoms with Crippen molar-refractivity contribution in [2.75, 3.05) is 4.90 Å². The van der Waals surface area contributed by atoms with E-state index in [4.69, 9.17) is 0 Å². The van der Waals surface area contributed by atoms with Gasteiger partial charge in [0.1, 0.15) is 11.6 Å². The molecule has 0 radical (unpaired) electrons. The minimum Gasteiger partial charge on any atom is -0.349 e. The van der Waals surface area contributed by atoms with Gasteiger partial charge in [0.25, 0.3) is 5.91 Å². The van der Waals surface area contributed by atoms with Crippen molar-refractivity contribution in [3.8, 4) is 11.1 Å². The van der Waals surface area contributed by atoms with Gasteiger partial charge in [-0.15, -0.1) is 0 Å². The summed E-state index contributed by atoms with van der Waals surface area (Å²) in [5.41, 5.74) is 3.99. The Balaban J connectivity index is 1.16. The summed E-state index contributed by atoms with van der Waals surface area (Å²) in [7, 11) is 0. The molecule has 0 spiro atoms. The van der Waals surface area contributed by atoms with Crippen molar-refractivity contribution in [1.29, 1.82) is 0 Å². The molecule has 1 aliphatic heterocycles. The number of hydrogen-bond donors (Lipinski definition) is 1. The standard InChI is InChI=1S/C36H40FN3O3/c1-23-11-13-24(14-12-23)29-9-5-6-10-31(29)35(42)39-27-17-15-25(16-18-27)30-19-20-33(41)32-21-26(37)22-38-34(32)40(36(30)43)28-7-3-2-4-8-28/h5-6,9-14,21-22,25,27-28,30H,2-4,7-8,15-20H2,1H3,(H,39,42). The Morgan fingerprint density at radius 2 is 1.60 bits per heavy atom. The molecule has 0 bridgehead atoms. The second kappa shape index (κ2) is 12.8. The Bertz CT molecular complexity index is 1490. The van der Waals surface area contributed by atoms with E-state index < -0.39 is 5.82 Å². The van der Waals surface area contributed by atoms with Gasteiger partial charge in [0.2, 0.25) is 5.91 Å². The third-order valence-corrected chi connectivity index (χ3v) is 9.75. The summed E-state index contributed by atoms with van der Waals surface area (Å²) in [5, 5.41) is 3.27. The molecule has 2 amide bonds. The zero-order valence-corrected chi connectivity index (χ0v) is 24.9. The van der Waals surface area contributed by atoms with Crippen LogP contribution in [0, 0.1) is 24.6 Å². The molecular weight excluding hydrogens is 541 g/mol. The number of rotatable bonds is 5. The molecule has 1 aromatic heterocycles. The van der Waals surface area contributed by atoms with Crippen LogP contribution in [0.2, 0.25) is 0 Å². The number of aryl methyl sites for hydroxylation is 1. The van der Waals surface area contributed by atoms with Gasteiger partial charge in [-0.2, -0.15) is 0 Å². The highest BCUT2D eigenvalue weighted by Gasteiger charge is 2.41. The third kappa shape index (κ3) is 6.27. The zero-order valence-electron chi connectivity index (χ0n) is 24.9. The summed E-state index contributed by atoms with van der Waals surface area (Å²) in [6.07, 6.45) is 9.89. The van der Waals surface area contributed by atoms with Crippen LogP contribution in [0.5, 0.6) is 0 Å². The summed E-state index contributed by atoms with van der Waals surface area (Å²) in [6.45, 7) is 2.05. The highest BCUT2D eigenvalue weighted by atomic mass is 19.1. The van der Waals surface area contributed by atoms with E-state index in [-0.39, 0.29) is 53.5 Å². The number of benzene rings is 2. The van der Waals surface area contributed by atoms with Crippen LogP contribution in [-0.4, -0.2) is 34.7 Å². The summed E-state index contributed by atoms with van der Waals surface area (Å²) < 4.78 is 14.1. The number of nitrogens with one attached hydrogen (secondary N) is 1. The van der Waals surface area contributed by atoms with Crippen molar-refractivity contribution in [2.24, 2.45) is 11.8 Å². The van der Waals surface area contributed by atoms with E-state index in [0.717, 1.165) is 75.1 Å². The molecule has 224 valence electrons. The van der Waals surface area contributed by atoms with Crippen molar-refractivity contribution in [3.63, 3.8) is 0 Å². The van der Waals surface area contributed by atoms with Crippen LogP contribution in [0.3, 0.4) is 0 Å². The fourth-order valence-electron chi connectivity index (χ4n) is 7.38. The molecule has 1 unspecified atom stereocenters. The van der Waals surface area contributed by atoms with Gasteiger partial charge in [0, 0.05) is 30.0 Å². The number of pyridine rings is 1. The van der Waals surface area contributed by atoms with Gasteiger partial charge in [-0.05, 0) is 81.0 Å². The highest BCUT2D eigenvalue weighted by Crippen LogP contribution is 2.39. The lowest BCUT2D eigenvalue weighted by Gasteiger charge is -2.41. The highest BCUT2D eigenvalue weighted by molar-refractivity contribution is 6.07. The second-order valence-electron chi connectivity index (χ2n) is 12.6. The van der Waals surface area contributed by atoms with Gasteiger partial charge in [0.05, 0.1) is 11.8 Å². The lowest BCUT2D eigenvalue weighted by atomic mass is 9.74. The van der Waals surface area contributed by atoms with Gasteiger partial charge < -0.3 is 5.32 Å². The number of ketones is 1. The first-order chi connectivity index (χ1) is 20.9. The van der Waals surface area contributed by atoms with Crippen LogP contribution in [0.1, 0.15) is 96.9 Å². The molecule has 2 aromatic carbocycles. The Morgan fingerprint density at radius 1 is 0.884 bits per heavy atom. The molecule has 0 saturated heterocycles. The SMILES string of the molecule is Cc1ccc(-c2ccccc2C(=O)NC2CCC(C3CCC(=O)c4cc(F)cnc4N(C4CCCCC4)C3=O)CC2)cc1. The van der Waals surface area contributed by atoms with Gasteiger partial charge in [-0.25, -0.2) is 9.37 Å². The summed E-state index contributed by atoms with van der Waals surface area (Å²) in [6, 6.07) is 17.2. The molecule has 3 aliphatic rings. The Kier molecular flexibility index (Phi) is 8.68. The molecule has 2 aliphatic carbocycles. The number of carbonyl (C=O) groups excluding carboxylic acids is 3. The van der Waals surface area contributed by atoms with Gasteiger partial charge in [-0.3, -0.25) is 19.3 Å². The van der Waals surface area contributed by atoms with Crippen molar-refractivity contribution >= 4 is 23.4 Å². The number of carbonyl (C=O) groups is 3. The molecule has 1 atom stereocenters. The first kappa shape index (κ1) is 29.2. The molecule has 43 heavy (non-hydrogen) atoms. The fourth-order valence-corrected chi connectivity index (χ4v) is 7.38. The Labute approximate surface area is 253 Å². The number of anilines is 1. The molecule has 3 aromatic rings. The van der Waals surface area contributed by atoms with Gasteiger partial charge in [-0.1, -0.05) is 67.3 Å². The number of amides is 2. The fraction of sp³-hybridized carbons (Fsp3) is 0.444. The van der Waals surface area contributed by atoms with Gasteiger partial charge >= 0.3 is 0 Å². The van der Waals surface area contributed by atoms with E-state index in [9.17, 15) is 18.8 Å². The van der Waals surface area contributed by atoms with Crippen molar-refractivity contribution in [1.82, 2.24) is 10.3 Å². The maximum atomic E-state index is 14.3. The Hall–Kier alpha value is -3.87. The van der Waals surface area contributed by atoms with E-state index in [1.54, 1.807) is 4.90 Å². The molecule has 1 N–H and O–H groups in total. The predicted molar refractivity (Wildman–Crippen MR) is 165 cm³/mol. The summed E-state index contributed by atoms with van der Waals surface area (Å²) in [4.78, 5) is 47.1. The van der Waals surface area contributed by atoms with Crippen molar-refractivity contribution in [3.05, 3.63) is 83.3 Å². The molecular formula is C36H40FN3O3. The smallest absolute Gasteiger partial charge is 0.252 e. The van der Waals surface area contributed by atoms with E-state index in [0.29, 0.717) is 17.8 Å². The van der Waals surface area contributed by atoms with E-state index in [1.807, 2.05) is 43.3 Å². The number of fused-ring (bicyclic) bond motifs is 1. The lowest BCUT2D eigenvalue weighted by molar-refractivity contribution is -0.125. The number of halogens is 1. The van der Waals surface area contributed by atoms with Crippen LogP contribution >= 0.6 is 0 Å². The minimum absolute atomic E-state index is 0.0180. The number of aromatic nitrogens is 1. The lowest BCUT2D eigenvalue weighted by Crippen LogP contribution is -2.49. The van der Waals surface area contributed by atoms with Crippen LogP contribution in [-0.2, 0) is 4.79 Å². The monoisotopic (exact) mass is 581 g/mol. The minimum atomic E-state index is -0.554. The average molecular weight is 582 g/mol. The predicted octanol–water partition coefficient (Wildman–Crippen LogP) is 7.44. The normalized spacial score (nSPS) is 23.3. The molecule has 6 rings (SSSR count). The van der Waals surface area contributed by atoms with E-state index in [1.165, 1.54) is 11.6 Å². The number of hydrogen-bond acceptors (Lipinski definition) is 4. The number of Topliss-reactive ketones (excluding diaryl/α,β-unsaturated/α-hetero) is 1. The van der Waals surface area contributed by atoms with Gasteiger partial charge in [0.15, 0.2) is 5.78 Å². The average Bonchev–Trinajstić information content (AvgIpc) is 3.03. The molecule has 2 fully saturated rings. The zero-order chi connectivity index (χ0) is 29.9. The Morgan fingerprint density at radius 3 is 2.35 bits per heavy atom. The maximum Gasteiger partial charge on any atom is 0.252 e. The topological polar surface area (TPSA) is 79.4 Å². The molecule has 7 heteroatoms. The molecule has 2 saturated carbocycles. The van der Waals surface area contributed by atoms with Crippen LogP contribution in [0.4, 0.5) is 10.2 Å². The van der Waals surface area contributed by atoms with Crippen molar-refractivity contribution < 1.29 is 18.8 Å². The first-order valence-corrected chi connectivity index (χ1v) is 15.9. The first-order valence-electron chi connectivity index (χ1n) is 15.9. The molecule has 6 nitrogen and oxygen atoms in total. The quantitative estimate of drug-likeness (QED) is 0.340. The third-order valence-electron chi connectivity index (χ3n) is 9.75. The van der Waals surface area contributed by atoms with Crippen LogP contribution in [0.25, 0.3) is 11.1 Å². The maximum absolute atomic E-state index is 14.3. The summed E-state index contributed by atoms with van der Waals surface area (Å²) in [5.74, 6) is -0.576. The van der Waals surface area contributed by atoms with E-state index in [2.05, 4.69) is 22.4 Å².